The summed E-state index contributed by atoms with van der Waals surface area (Å²) < 4.78 is 0. The molecule has 3 N–H and O–H groups in total. The van der Waals surface area contributed by atoms with E-state index in [4.69, 9.17) is 5.73 Å². The first-order valence-corrected chi connectivity index (χ1v) is 6.02. The Morgan fingerprint density at radius 2 is 2.00 bits per heavy atom. The average molecular weight is 251 g/mol. The second-order valence-electron chi connectivity index (χ2n) is 4.38. The lowest BCUT2D eigenvalue weighted by atomic mass is 9.89. The minimum Gasteiger partial charge on any atom is -0.385 e. The number of carbonyl (C=O) groups excluding carboxylic acids is 1. The van der Waals surface area contributed by atoms with Gasteiger partial charge in [-0.15, -0.1) is 0 Å². The van der Waals surface area contributed by atoms with E-state index in [0.29, 0.717) is 5.82 Å². The van der Waals surface area contributed by atoms with Gasteiger partial charge in [0.25, 0.3) is 0 Å². The van der Waals surface area contributed by atoms with E-state index in [1.54, 1.807) is 12.4 Å². The minimum atomic E-state index is -0.434. The van der Waals surface area contributed by atoms with Crippen molar-refractivity contribution in [2.24, 2.45) is 5.73 Å². The third kappa shape index (κ3) is 1.87. The zero-order valence-corrected chi connectivity index (χ0v) is 10.2. The fourth-order valence-electron chi connectivity index (χ4n) is 2.37. The number of benzene rings is 1. The average Bonchev–Trinajstić information content (AvgIpc) is 2.47. The lowest BCUT2D eigenvalue weighted by Gasteiger charge is -2.26. The topological polar surface area (TPSA) is 68.0 Å². The van der Waals surface area contributed by atoms with Crippen molar-refractivity contribution in [2.75, 3.05) is 0 Å². The Morgan fingerprint density at radius 1 is 1.21 bits per heavy atom. The number of hydrogen-bond acceptors (Lipinski definition) is 4. The van der Waals surface area contributed by atoms with E-state index < -0.39 is 6.04 Å². The molecule has 0 amide bonds. The molecule has 0 aliphatic carbocycles. The second kappa shape index (κ2) is 4.57. The van der Waals surface area contributed by atoms with E-state index in [1.165, 1.54) is 0 Å². The van der Waals surface area contributed by atoms with E-state index in [0.717, 1.165) is 28.5 Å². The zero-order valence-electron chi connectivity index (χ0n) is 10.2. The van der Waals surface area contributed by atoms with Gasteiger partial charge in [0.2, 0.25) is 0 Å². The highest BCUT2D eigenvalue weighted by molar-refractivity contribution is 5.86. The number of aldehydes is 1. The lowest BCUT2D eigenvalue weighted by molar-refractivity contribution is -0.109. The van der Waals surface area contributed by atoms with Crippen LogP contribution in [0.15, 0.2) is 54.6 Å². The van der Waals surface area contributed by atoms with Crippen LogP contribution in [-0.4, -0.2) is 11.3 Å². The number of nitrogens with two attached hydrogens (primary N) is 1. The monoisotopic (exact) mass is 251 g/mol. The normalized spacial score (nSPS) is 17.6. The Balaban J connectivity index is 2.22. The highest BCUT2D eigenvalue weighted by Crippen LogP contribution is 2.33. The standard InChI is InChI=1S/C15H13N3O/c16-15-14(10-4-2-1-3-5-10)11-6-7-17-8-12(11)13(9-19)18-15/h1-9,13,18H,16H2. The van der Waals surface area contributed by atoms with Crippen molar-refractivity contribution in [3.8, 4) is 0 Å². The van der Waals surface area contributed by atoms with E-state index in [-0.39, 0.29) is 0 Å². The zero-order chi connectivity index (χ0) is 13.2. The SMILES string of the molecule is NC1=C(c2ccccc2)c2ccncc2C(C=O)N1. The van der Waals surface area contributed by atoms with Gasteiger partial charge < -0.3 is 15.8 Å². The fourth-order valence-corrected chi connectivity index (χ4v) is 2.37. The number of aromatic nitrogens is 1. The van der Waals surface area contributed by atoms with Crippen LogP contribution in [0.1, 0.15) is 22.7 Å². The van der Waals surface area contributed by atoms with Crippen molar-refractivity contribution in [3.05, 3.63) is 71.3 Å². The maximum Gasteiger partial charge on any atom is 0.146 e. The molecule has 2 heterocycles. The van der Waals surface area contributed by atoms with Crippen molar-refractivity contribution < 1.29 is 4.79 Å². The van der Waals surface area contributed by atoms with Gasteiger partial charge in [0.1, 0.15) is 18.1 Å². The summed E-state index contributed by atoms with van der Waals surface area (Å²) in [4.78, 5) is 15.2. The van der Waals surface area contributed by atoms with Crippen LogP contribution in [0.25, 0.3) is 5.57 Å². The highest BCUT2D eigenvalue weighted by Gasteiger charge is 2.25. The summed E-state index contributed by atoms with van der Waals surface area (Å²) in [5, 5.41) is 3.02. The summed E-state index contributed by atoms with van der Waals surface area (Å²) in [7, 11) is 0. The van der Waals surface area contributed by atoms with Gasteiger partial charge >= 0.3 is 0 Å². The maximum absolute atomic E-state index is 11.1. The molecule has 94 valence electrons. The molecular weight excluding hydrogens is 238 g/mol. The first kappa shape index (κ1) is 11.5. The van der Waals surface area contributed by atoms with Gasteiger partial charge in [0, 0.05) is 23.5 Å². The second-order valence-corrected chi connectivity index (χ2v) is 4.38. The fraction of sp³-hybridized carbons (Fsp3) is 0.0667. The number of pyridine rings is 1. The number of rotatable bonds is 2. The van der Waals surface area contributed by atoms with Crippen LogP contribution < -0.4 is 11.1 Å². The molecule has 0 radical (unpaired) electrons. The third-order valence-electron chi connectivity index (χ3n) is 3.24. The van der Waals surface area contributed by atoms with Gasteiger partial charge in [0.05, 0.1) is 0 Å². The number of hydrogen-bond donors (Lipinski definition) is 2. The molecule has 0 fully saturated rings. The van der Waals surface area contributed by atoms with Crippen molar-refractivity contribution in [2.45, 2.75) is 6.04 Å². The molecule has 1 aromatic heterocycles. The molecule has 4 heteroatoms. The molecule has 0 saturated heterocycles. The Labute approximate surface area is 111 Å². The molecule has 2 aromatic rings. The van der Waals surface area contributed by atoms with Crippen LogP contribution >= 0.6 is 0 Å². The lowest BCUT2D eigenvalue weighted by Crippen LogP contribution is -2.32. The third-order valence-corrected chi connectivity index (χ3v) is 3.24. The molecule has 1 unspecified atom stereocenters. The maximum atomic E-state index is 11.1. The highest BCUT2D eigenvalue weighted by atomic mass is 16.1. The molecular formula is C15H13N3O. The summed E-state index contributed by atoms with van der Waals surface area (Å²) in [6.45, 7) is 0. The van der Waals surface area contributed by atoms with Gasteiger partial charge in [-0.3, -0.25) is 4.98 Å². The van der Waals surface area contributed by atoms with E-state index in [9.17, 15) is 4.79 Å². The van der Waals surface area contributed by atoms with E-state index in [2.05, 4.69) is 10.3 Å². The molecule has 3 rings (SSSR count). The number of carbonyl (C=O) groups is 1. The van der Waals surface area contributed by atoms with Gasteiger partial charge in [0.15, 0.2) is 0 Å². The first-order valence-electron chi connectivity index (χ1n) is 6.02. The first-order chi connectivity index (χ1) is 9.31. The van der Waals surface area contributed by atoms with Crippen LogP contribution in [0.4, 0.5) is 0 Å². The van der Waals surface area contributed by atoms with Crippen LogP contribution in [0, 0.1) is 0 Å². The van der Waals surface area contributed by atoms with Crippen LogP contribution in [-0.2, 0) is 4.79 Å². The molecule has 0 spiro atoms. The van der Waals surface area contributed by atoms with Crippen LogP contribution in [0.3, 0.4) is 0 Å². The number of fused-ring (bicyclic) bond motifs is 1. The Hall–Kier alpha value is -2.62. The van der Waals surface area contributed by atoms with E-state index in [1.807, 2.05) is 36.4 Å². The van der Waals surface area contributed by atoms with Gasteiger partial charge in [-0.1, -0.05) is 30.3 Å². The van der Waals surface area contributed by atoms with Crippen molar-refractivity contribution in [3.63, 3.8) is 0 Å². The number of nitrogens with one attached hydrogen (secondary N) is 1. The van der Waals surface area contributed by atoms with Gasteiger partial charge in [-0.05, 0) is 17.2 Å². The predicted molar refractivity (Wildman–Crippen MR) is 72.8 cm³/mol. The molecule has 0 saturated carbocycles. The molecule has 1 atom stereocenters. The van der Waals surface area contributed by atoms with Crippen LogP contribution in [0.5, 0.6) is 0 Å². The molecule has 19 heavy (non-hydrogen) atoms. The number of nitrogens with zero attached hydrogens (tertiary/aromatic N) is 1. The molecule has 0 bridgehead atoms. The summed E-state index contributed by atoms with van der Waals surface area (Å²) in [5.41, 5.74) is 9.82. The minimum absolute atomic E-state index is 0.434. The van der Waals surface area contributed by atoms with Crippen molar-refractivity contribution in [1.29, 1.82) is 0 Å². The van der Waals surface area contributed by atoms with Gasteiger partial charge in [-0.2, -0.15) is 0 Å². The smallest absolute Gasteiger partial charge is 0.146 e. The molecule has 1 aliphatic heterocycles. The van der Waals surface area contributed by atoms with Gasteiger partial charge in [-0.25, -0.2) is 0 Å². The summed E-state index contributed by atoms with van der Waals surface area (Å²) in [5.74, 6) is 0.516. The quantitative estimate of drug-likeness (QED) is 0.795. The summed E-state index contributed by atoms with van der Waals surface area (Å²) in [6, 6.07) is 11.3. The van der Waals surface area contributed by atoms with Crippen LogP contribution in [0.2, 0.25) is 0 Å². The molecule has 1 aromatic carbocycles. The Bertz CT molecular complexity index is 649. The van der Waals surface area contributed by atoms with Crippen molar-refractivity contribution in [1.82, 2.24) is 10.3 Å². The summed E-state index contributed by atoms with van der Waals surface area (Å²) >= 11 is 0. The van der Waals surface area contributed by atoms with Crippen molar-refractivity contribution >= 4 is 11.9 Å². The summed E-state index contributed by atoms with van der Waals surface area (Å²) in [6.07, 6.45) is 4.26. The Morgan fingerprint density at radius 3 is 2.74 bits per heavy atom. The Kier molecular flexibility index (Phi) is 2.76. The molecule has 4 nitrogen and oxygen atoms in total. The van der Waals surface area contributed by atoms with E-state index >= 15 is 0 Å². The largest absolute Gasteiger partial charge is 0.385 e. The molecule has 1 aliphatic rings. The predicted octanol–water partition coefficient (Wildman–Crippen LogP) is 1.60.